The Kier molecular flexibility index (Phi) is 8.54. The molecule has 2 aromatic carbocycles. The molecular weight excluding hydrogens is 505 g/mol. The molecule has 0 radical (unpaired) electrons. The van der Waals surface area contributed by atoms with Crippen molar-refractivity contribution in [3.05, 3.63) is 78.0 Å². The lowest BCUT2D eigenvalue weighted by Crippen LogP contribution is -2.42. The molecule has 7 nitrogen and oxygen atoms in total. The van der Waals surface area contributed by atoms with Crippen LogP contribution in [-0.4, -0.2) is 50.7 Å². The third-order valence-electron chi connectivity index (χ3n) is 6.55. The Morgan fingerprint density at radius 2 is 1.64 bits per heavy atom. The van der Waals surface area contributed by atoms with Gasteiger partial charge in [0.1, 0.15) is 0 Å². The van der Waals surface area contributed by atoms with E-state index in [1.54, 1.807) is 12.1 Å². The second-order valence-electron chi connectivity index (χ2n) is 9.97. The van der Waals surface area contributed by atoms with Crippen LogP contribution >= 0.6 is 0 Å². The number of benzene rings is 2. The van der Waals surface area contributed by atoms with Gasteiger partial charge in [-0.2, -0.15) is 13.2 Å². The predicted octanol–water partition coefficient (Wildman–Crippen LogP) is 5.96. The van der Waals surface area contributed by atoms with Crippen LogP contribution < -0.4 is 10.6 Å². The number of alkyl halides is 3. The number of para-hydroxylation sites is 1. The number of halogens is 3. The first kappa shape index (κ1) is 28.1. The van der Waals surface area contributed by atoms with Gasteiger partial charge in [-0.1, -0.05) is 18.2 Å². The molecule has 0 aliphatic carbocycles. The minimum Gasteiger partial charge on any atom is -0.355 e. The average molecular weight is 539 g/mol. The van der Waals surface area contributed by atoms with E-state index in [9.17, 15) is 18.0 Å². The Bertz CT molecular complexity index is 1390. The maximum Gasteiger partial charge on any atom is 0.416 e. The van der Waals surface area contributed by atoms with Crippen LogP contribution in [-0.2, 0) is 17.4 Å². The molecule has 0 saturated carbocycles. The van der Waals surface area contributed by atoms with Crippen LogP contribution in [0.3, 0.4) is 0 Å². The quantitative estimate of drug-likeness (QED) is 0.261. The van der Waals surface area contributed by atoms with E-state index in [2.05, 4.69) is 53.4 Å². The number of amides is 1. The van der Waals surface area contributed by atoms with Gasteiger partial charge in [-0.3, -0.25) is 14.3 Å². The molecule has 2 heterocycles. The van der Waals surface area contributed by atoms with Crippen LogP contribution in [0.5, 0.6) is 0 Å². The molecule has 0 saturated heterocycles. The number of nitrogens with zero attached hydrogens (tertiary/aromatic N) is 4. The topological polar surface area (TPSA) is 75.1 Å². The first-order chi connectivity index (χ1) is 18.5. The summed E-state index contributed by atoms with van der Waals surface area (Å²) in [5.74, 6) is 0.902. The van der Waals surface area contributed by atoms with Gasteiger partial charge < -0.3 is 10.6 Å². The zero-order valence-electron chi connectivity index (χ0n) is 22.5. The lowest BCUT2D eigenvalue weighted by atomic mass is 10.1. The summed E-state index contributed by atoms with van der Waals surface area (Å²) in [6, 6.07) is 16.8. The van der Waals surface area contributed by atoms with E-state index in [0.717, 1.165) is 35.1 Å². The largest absolute Gasteiger partial charge is 0.416 e. The van der Waals surface area contributed by atoms with Gasteiger partial charge in [-0.15, -0.1) is 10.2 Å². The van der Waals surface area contributed by atoms with Crippen molar-refractivity contribution in [1.29, 1.82) is 0 Å². The Hall–Kier alpha value is -3.92. The molecule has 0 bridgehead atoms. The van der Waals surface area contributed by atoms with Crippen molar-refractivity contribution in [1.82, 2.24) is 25.0 Å². The van der Waals surface area contributed by atoms with E-state index in [1.807, 2.05) is 35.0 Å². The van der Waals surface area contributed by atoms with Crippen molar-refractivity contribution in [2.45, 2.75) is 52.4 Å². The summed E-state index contributed by atoms with van der Waals surface area (Å²) in [6.07, 6.45) is -2.26. The molecule has 0 spiro atoms. The van der Waals surface area contributed by atoms with E-state index in [-0.39, 0.29) is 12.3 Å². The van der Waals surface area contributed by atoms with E-state index < -0.39 is 11.7 Å². The second-order valence-corrected chi connectivity index (χ2v) is 9.97. The number of anilines is 2. The van der Waals surface area contributed by atoms with Crippen LogP contribution in [0.25, 0.3) is 16.7 Å². The van der Waals surface area contributed by atoms with Crippen molar-refractivity contribution in [2.24, 2.45) is 0 Å². The van der Waals surface area contributed by atoms with Gasteiger partial charge >= 0.3 is 6.18 Å². The van der Waals surface area contributed by atoms with Crippen molar-refractivity contribution >= 4 is 28.3 Å². The summed E-state index contributed by atoms with van der Waals surface area (Å²) in [6.45, 7) is 9.96. The van der Waals surface area contributed by atoms with Crippen LogP contribution in [0.2, 0.25) is 0 Å². The molecule has 0 aliphatic heterocycles. The monoisotopic (exact) mass is 538 g/mol. The molecule has 1 amide bonds. The third kappa shape index (κ3) is 6.94. The fourth-order valence-corrected chi connectivity index (χ4v) is 4.66. The van der Waals surface area contributed by atoms with E-state index >= 15 is 0 Å². The van der Waals surface area contributed by atoms with Crippen molar-refractivity contribution in [2.75, 3.05) is 18.4 Å². The van der Waals surface area contributed by atoms with Crippen molar-refractivity contribution in [3.8, 4) is 5.82 Å². The molecular formula is C29H33F3N6O. The fraction of sp³-hybridized carbons (Fsp3) is 0.345. The van der Waals surface area contributed by atoms with Gasteiger partial charge in [0.05, 0.1) is 17.5 Å². The summed E-state index contributed by atoms with van der Waals surface area (Å²) >= 11 is 0. The molecule has 2 aromatic heterocycles. The average Bonchev–Trinajstić information content (AvgIpc) is 3.24. The van der Waals surface area contributed by atoms with Crippen LogP contribution in [0, 0.1) is 0 Å². The minimum absolute atomic E-state index is 0.0486. The van der Waals surface area contributed by atoms with E-state index in [1.165, 1.54) is 12.1 Å². The number of hydrogen-bond acceptors (Lipinski definition) is 5. The number of nitrogens with one attached hydrogen (secondary N) is 2. The summed E-state index contributed by atoms with van der Waals surface area (Å²) in [5.41, 5.74) is 1.52. The second kappa shape index (κ2) is 11.9. The van der Waals surface area contributed by atoms with Gasteiger partial charge in [-0.05, 0) is 75.7 Å². The van der Waals surface area contributed by atoms with Crippen molar-refractivity contribution in [3.63, 3.8) is 0 Å². The lowest BCUT2D eigenvalue weighted by molar-refractivity contribution is -0.137. The molecule has 4 aromatic rings. The summed E-state index contributed by atoms with van der Waals surface area (Å²) < 4.78 is 40.3. The Labute approximate surface area is 226 Å². The number of hydrogen-bond donors (Lipinski definition) is 2. The zero-order chi connectivity index (χ0) is 28.2. The first-order valence-corrected chi connectivity index (χ1v) is 12.9. The lowest BCUT2D eigenvalue weighted by Gasteiger charge is -2.30. The molecule has 4 rings (SSSR count). The van der Waals surface area contributed by atoms with Gasteiger partial charge in [-0.25, -0.2) is 0 Å². The number of carbonyl (C=O) groups is 1. The third-order valence-corrected chi connectivity index (χ3v) is 6.55. The van der Waals surface area contributed by atoms with Crippen LogP contribution in [0.15, 0.2) is 66.9 Å². The maximum atomic E-state index is 12.8. The summed E-state index contributed by atoms with van der Waals surface area (Å²) in [7, 11) is 0. The summed E-state index contributed by atoms with van der Waals surface area (Å²) in [4.78, 5) is 15.1. The first-order valence-electron chi connectivity index (χ1n) is 12.9. The van der Waals surface area contributed by atoms with Gasteiger partial charge in [0.25, 0.3) is 0 Å². The number of carbonyl (C=O) groups excluding carboxylic acids is 1. The molecule has 0 fully saturated rings. The Morgan fingerprint density at radius 1 is 0.949 bits per heavy atom. The Balaban J connectivity index is 1.46. The van der Waals surface area contributed by atoms with E-state index in [4.69, 9.17) is 0 Å². The highest BCUT2D eigenvalue weighted by atomic mass is 19.4. The highest BCUT2D eigenvalue weighted by Crippen LogP contribution is 2.30. The molecule has 0 atom stereocenters. The van der Waals surface area contributed by atoms with Crippen LogP contribution in [0.4, 0.5) is 24.7 Å². The molecule has 206 valence electrons. The van der Waals surface area contributed by atoms with Gasteiger partial charge in [0.2, 0.25) is 5.91 Å². The fourth-order valence-electron chi connectivity index (χ4n) is 4.66. The molecule has 10 heteroatoms. The standard InChI is InChI=1S/C29H33F3N6O/c1-19(2)37(20(3)4)16-15-33-28(39)17-21-18-38(25-8-6-5-7-24(21)25)27-14-13-26(35-36-27)34-23-11-9-22(10-12-23)29(30,31)32/h5-14,18-20H,15-17H2,1-4H3,(H,33,39)(H,34,35). The normalized spacial score (nSPS) is 12.1. The highest BCUT2D eigenvalue weighted by molar-refractivity contribution is 5.90. The number of fused-ring (bicyclic) bond motifs is 1. The SMILES string of the molecule is CC(C)N(CCNC(=O)Cc1cn(-c2ccc(Nc3ccc(C(F)(F)F)cc3)nn2)c2ccccc12)C(C)C. The number of aromatic nitrogens is 3. The van der Waals surface area contributed by atoms with E-state index in [0.29, 0.717) is 36.0 Å². The smallest absolute Gasteiger partial charge is 0.355 e. The molecule has 2 N–H and O–H groups in total. The minimum atomic E-state index is -4.39. The number of rotatable bonds is 10. The maximum absolute atomic E-state index is 12.8. The highest BCUT2D eigenvalue weighted by Gasteiger charge is 2.30. The van der Waals surface area contributed by atoms with Crippen LogP contribution in [0.1, 0.15) is 38.8 Å². The van der Waals surface area contributed by atoms with Gasteiger partial charge in [0, 0.05) is 42.4 Å². The molecule has 0 unspecified atom stereocenters. The zero-order valence-corrected chi connectivity index (χ0v) is 22.5. The summed E-state index contributed by atoms with van der Waals surface area (Å²) in [5, 5.41) is 15.5. The molecule has 39 heavy (non-hydrogen) atoms. The van der Waals surface area contributed by atoms with Gasteiger partial charge in [0.15, 0.2) is 11.6 Å². The van der Waals surface area contributed by atoms with Crippen molar-refractivity contribution < 1.29 is 18.0 Å². The Morgan fingerprint density at radius 3 is 2.26 bits per heavy atom. The molecule has 0 aliphatic rings. The predicted molar refractivity (Wildman–Crippen MR) is 147 cm³/mol.